The van der Waals surface area contributed by atoms with Crippen molar-refractivity contribution < 1.29 is 14.8 Å². The van der Waals surface area contributed by atoms with Gasteiger partial charge in [0.15, 0.2) is 0 Å². The van der Waals surface area contributed by atoms with Crippen molar-refractivity contribution in [3.8, 4) is 0 Å². The number of aryl methyl sites for hydroxylation is 1. The Labute approximate surface area is 95.5 Å². The summed E-state index contributed by atoms with van der Waals surface area (Å²) in [5.74, 6) is -1.24. The van der Waals surface area contributed by atoms with Crippen LogP contribution in [0.25, 0.3) is 5.52 Å². The number of rotatable bonds is 3. The highest BCUT2D eigenvalue weighted by atomic mass is 16.6. The molecular weight excluding hydrogens is 226 g/mol. The van der Waals surface area contributed by atoms with Gasteiger partial charge in [-0.25, -0.2) is 0 Å². The number of imidazole rings is 1. The first-order chi connectivity index (χ1) is 7.99. The standard InChI is InChI=1S/C10H9N3O4/c1-6-2-3-7-10(13(16)17)11-8(4-9(14)15)12(7)5-6/h2-3,5H,4H2,1H3,(H,14,15). The van der Waals surface area contributed by atoms with Gasteiger partial charge in [0.2, 0.25) is 5.82 Å². The Kier molecular flexibility index (Phi) is 2.51. The summed E-state index contributed by atoms with van der Waals surface area (Å²) < 4.78 is 1.45. The fraction of sp³-hybridized carbons (Fsp3) is 0.200. The van der Waals surface area contributed by atoms with Crippen LogP contribution in [0.15, 0.2) is 18.3 Å². The van der Waals surface area contributed by atoms with E-state index in [0.29, 0.717) is 5.52 Å². The van der Waals surface area contributed by atoms with E-state index in [2.05, 4.69) is 4.98 Å². The van der Waals surface area contributed by atoms with E-state index in [0.717, 1.165) is 5.56 Å². The molecule has 0 spiro atoms. The van der Waals surface area contributed by atoms with Gasteiger partial charge >= 0.3 is 11.8 Å². The number of nitrogens with zero attached hydrogens (tertiary/aromatic N) is 3. The molecule has 1 N–H and O–H groups in total. The van der Waals surface area contributed by atoms with E-state index in [4.69, 9.17) is 5.11 Å². The Balaban J connectivity index is 2.70. The fourth-order valence-corrected chi connectivity index (χ4v) is 1.63. The van der Waals surface area contributed by atoms with Gasteiger partial charge in [-0.3, -0.25) is 9.20 Å². The van der Waals surface area contributed by atoms with Gasteiger partial charge in [-0.05, 0) is 28.5 Å². The van der Waals surface area contributed by atoms with Gasteiger partial charge in [0.05, 0.1) is 0 Å². The van der Waals surface area contributed by atoms with Crippen LogP contribution in [0, 0.1) is 17.0 Å². The van der Waals surface area contributed by atoms with Crippen LogP contribution < -0.4 is 0 Å². The van der Waals surface area contributed by atoms with Gasteiger partial charge in [0, 0.05) is 6.20 Å². The molecule has 88 valence electrons. The molecule has 2 aromatic rings. The zero-order valence-corrected chi connectivity index (χ0v) is 8.95. The number of carbonyl (C=O) groups is 1. The first-order valence-corrected chi connectivity index (χ1v) is 4.83. The Morgan fingerprint density at radius 1 is 1.59 bits per heavy atom. The van der Waals surface area contributed by atoms with E-state index in [1.165, 1.54) is 4.40 Å². The lowest BCUT2D eigenvalue weighted by Crippen LogP contribution is -2.04. The number of fused-ring (bicyclic) bond motifs is 1. The summed E-state index contributed by atoms with van der Waals surface area (Å²) in [6.45, 7) is 1.82. The number of carboxylic acid groups (broad SMARTS) is 1. The van der Waals surface area contributed by atoms with Crippen LogP contribution in [0.3, 0.4) is 0 Å². The lowest BCUT2D eigenvalue weighted by Gasteiger charge is -1.96. The summed E-state index contributed by atoms with van der Waals surface area (Å²) in [7, 11) is 0. The van der Waals surface area contributed by atoms with E-state index in [-0.39, 0.29) is 18.1 Å². The Morgan fingerprint density at radius 2 is 2.29 bits per heavy atom. The van der Waals surface area contributed by atoms with Gasteiger partial charge in [-0.15, -0.1) is 0 Å². The summed E-state index contributed by atoms with van der Waals surface area (Å²) in [6, 6.07) is 3.28. The van der Waals surface area contributed by atoms with E-state index >= 15 is 0 Å². The zero-order valence-electron chi connectivity index (χ0n) is 8.95. The molecule has 0 unspecified atom stereocenters. The number of hydrogen-bond acceptors (Lipinski definition) is 4. The second kappa shape index (κ2) is 3.85. The lowest BCUT2D eigenvalue weighted by atomic mass is 10.3. The van der Waals surface area contributed by atoms with Gasteiger partial charge in [-0.1, -0.05) is 6.07 Å². The SMILES string of the molecule is Cc1ccc2c([N+](=O)[O-])nc(CC(=O)O)n2c1. The molecule has 7 nitrogen and oxygen atoms in total. The smallest absolute Gasteiger partial charge is 0.389 e. The molecule has 0 radical (unpaired) electrons. The summed E-state index contributed by atoms with van der Waals surface area (Å²) in [4.78, 5) is 24.6. The van der Waals surface area contributed by atoms with Gasteiger partial charge < -0.3 is 15.2 Å². The molecular formula is C10H9N3O4. The lowest BCUT2D eigenvalue weighted by molar-refractivity contribution is -0.387. The van der Waals surface area contributed by atoms with Crippen molar-refractivity contribution in [2.24, 2.45) is 0 Å². The number of hydrogen-bond donors (Lipinski definition) is 1. The minimum Gasteiger partial charge on any atom is -0.481 e. The van der Waals surface area contributed by atoms with Crippen LogP contribution in [0.2, 0.25) is 0 Å². The summed E-state index contributed by atoms with van der Waals surface area (Å²) in [6.07, 6.45) is 1.28. The molecule has 0 saturated carbocycles. The molecule has 0 bridgehead atoms. The van der Waals surface area contributed by atoms with Crippen LogP contribution in [-0.4, -0.2) is 25.4 Å². The van der Waals surface area contributed by atoms with Crippen LogP contribution in [0.4, 0.5) is 5.82 Å². The number of aliphatic carboxylic acids is 1. The first-order valence-electron chi connectivity index (χ1n) is 4.83. The molecule has 0 aliphatic carbocycles. The maximum atomic E-state index is 10.8. The number of aromatic nitrogens is 2. The topological polar surface area (TPSA) is 97.7 Å². The van der Waals surface area contributed by atoms with Gasteiger partial charge in [0.1, 0.15) is 11.9 Å². The van der Waals surface area contributed by atoms with Gasteiger partial charge in [-0.2, -0.15) is 0 Å². The maximum absolute atomic E-state index is 10.8. The maximum Gasteiger partial charge on any atom is 0.389 e. The van der Waals surface area contributed by atoms with Crippen molar-refractivity contribution in [1.82, 2.24) is 9.38 Å². The Hall–Kier alpha value is -2.44. The summed E-state index contributed by atoms with van der Waals surface area (Å²) in [5.41, 5.74) is 1.17. The predicted octanol–water partition coefficient (Wildman–Crippen LogP) is 1.18. The molecule has 0 aliphatic heterocycles. The molecule has 0 saturated heterocycles. The first kappa shape index (κ1) is 11.1. The Bertz CT molecular complexity index is 617. The Morgan fingerprint density at radius 3 is 2.88 bits per heavy atom. The van der Waals surface area contributed by atoms with E-state index in [1.807, 2.05) is 6.92 Å². The van der Waals surface area contributed by atoms with Gasteiger partial charge in [0.25, 0.3) is 0 Å². The third kappa shape index (κ3) is 1.94. The van der Waals surface area contributed by atoms with Crippen LogP contribution in [0.5, 0.6) is 0 Å². The largest absolute Gasteiger partial charge is 0.481 e. The molecule has 2 heterocycles. The highest BCUT2D eigenvalue weighted by molar-refractivity contribution is 5.71. The average Bonchev–Trinajstić information content (AvgIpc) is 2.56. The third-order valence-corrected chi connectivity index (χ3v) is 2.32. The van der Waals surface area contributed by atoms with Crippen LogP contribution in [0.1, 0.15) is 11.4 Å². The number of pyridine rings is 1. The second-order valence-electron chi connectivity index (χ2n) is 3.64. The summed E-state index contributed by atoms with van der Waals surface area (Å²) >= 11 is 0. The zero-order chi connectivity index (χ0) is 12.6. The van der Waals surface area contributed by atoms with Crippen molar-refractivity contribution in [2.75, 3.05) is 0 Å². The van der Waals surface area contributed by atoms with Crippen molar-refractivity contribution in [2.45, 2.75) is 13.3 Å². The monoisotopic (exact) mass is 235 g/mol. The molecule has 0 atom stereocenters. The molecule has 0 fully saturated rings. The minimum atomic E-state index is -1.08. The molecule has 0 aromatic carbocycles. The highest BCUT2D eigenvalue weighted by Crippen LogP contribution is 2.21. The van der Waals surface area contributed by atoms with Crippen LogP contribution in [-0.2, 0) is 11.2 Å². The molecule has 0 amide bonds. The van der Waals surface area contributed by atoms with E-state index in [1.54, 1.807) is 18.3 Å². The van der Waals surface area contributed by atoms with Crippen LogP contribution >= 0.6 is 0 Å². The van der Waals surface area contributed by atoms with Crippen molar-refractivity contribution in [3.63, 3.8) is 0 Å². The molecule has 7 heteroatoms. The second-order valence-corrected chi connectivity index (χ2v) is 3.64. The molecule has 0 aliphatic rings. The fourth-order valence-electron chi connectivity index (χ4n) is 1.63. The normalized spacial score (nSPS) is 10.6. The van der Waals surface area contributed by atoms with E-state index in [9.17, 15) is 14.9 Å². The highest BCUT2D eigenvalue weighted by Gasteiger charge is 2.23. The summed E-state index contributed by atoms with van der Waals surface area (Å²) in [5, 5.41) is 19.5. The van der Waals surface area contributed by atoms with Crippen molar-refractivity contribution in [3.05, 3.63) is 39.8 Å². The molecule has 17 heavy (non-hydrogen) atoms. The van der Waals surface area contributed by atoms with Crippen molar-refractivity contribution >= 4 is 17.3 Å². The van der Waals surface area contributed by atoms with Crippen molar-refractivity contribution in [1.29, 1.82) is 0 Å². The minimum absolute atomic E-state index is 0.155. The predicted molar refractivity (Wildman–Crippen MR) is 57.9 cm³/mol. The third-order valence-electron chi connectivity index (χ3n) is 2.32. The molecule has 2 rings (SSSR count). The quantitative estimate of drug-likeness (QED) is 0.636. The van der Waals surface area contributed by atoms with E-state index < -0.39 is 10.9 Å². The number of nitro groups is 1. The number of carboxylic acids is 1. The average molecular weight is 235 g/mol. The molecule has 2 aromatic heterocycles.